The summed E-state index contributed by atoms with van der Waals surface area (Å²) in [7, 11) is 0. The second-order valence-corrected chi connectivity index (χ2v) is 6.47. The highest BCUT2D eigenvalue weighted by Crippen LogP contribution is 2.30. The van der Waals surface area contributed by atoms with Crippen molar-refractivity contribution in [2.75, 3.05) is 0 Å². The van der Waals surface area contributed by atoms with E-state index in [4.69, 9.17) is 4.99 Å². The van der Waals surface area contributed by atoms with Crippen molar-refractivity contribution in [2.24, 2.45) is 4.99 Å². The predicted octanol–water partition coefficient (Wildman–Crippen LogP) is 6.49. The largest absolute Gasteiger partial charge is 0.247 e. The molecule has 0 atom stereocenters. The van der Waals surface area contributed by atoms with Crippen LogP contribution in [0.15, 0.2) is 96.0 Å². The smallest absolute Gasteiger partial charge is 0.0794 e. The minimum atomic E-state index is 1.00. The molecule has 4 aromatic rings. The second kappa shape index (κ2) is 6.12. The van der Waals surface area contributed by atoms with Gasteiger partial charge in [-0.15, -0.1) is 0 Å². The summed E-state index contributed by atoms with van der Waals surface area (Å²) in [5, 5.41) is 2.46. The van der Waals surface area contributed by atoms with E-state index in [1.807, 2.05) is 6.07 Å². The van der Waals surface area contributed by atoms with Crippen LogP contribution in [0.4, 0.5) is 5.69 Å². The minimum absolute atomic E-state index is 1.00. The van der Waals surface area contributed by atoms with Crippen LogP contribution in [-0.4, -0.2) is 5.71 Å². The number of hydrogen-bond donors (Lipinski definition) is 0. The Labute approximate surface area is 153 Å². The minimum Gasteiger partial charge on any atom is -0.247 e. The first-order chi connectivity index (χ1) is 12.9. The highest BCUT2D eigenvalue weighted by atomic mass is 14.8. The lowest BCUT2D eigenvalue weighted by Gasteiger charge is -2.16. The van der Waals surface area contributed by atoms with E-state index in [1.54, 1.807) is 0 Å². The molecule has 26 heavy (non-hydrogen) atoms. The van der Waals surface area contributed by atoms with Crippen molar-refractivity contribution in [3.05, 3.63) is 113 Å². The molecule has 0 fully saturated rings. The molecule has 122 valence electrons. The Morgan fingerprint density at radius 2 is 1.15 bits per heavy atom. The van der Waals surface area contributed by atoms with Crippen molar-refractivity contribution < 1.29 is 0 Å². The summed E-state index contributed by atoms with van der Waals surface area (Å²) in [5.41, 5.74) is 6.68. The van der Waals surface area contributed by atoms with Gasteiger partial charge in [-0.1, -0.05) is 97.1 Å². The van der Waals surface area contributed by atoms with Crippen LogP contribution in [0.1, 0.15) is 22.3 Å². The molecule has 0 aromatic heterocycles. The summed E-state index contributed by atoms with van der Waals surface area (Å²) in [6.07, 6.45) is 4.34. The molecule has 1 aliphatic heterocycles. The number of fused-ring (bicyclic) bond motifs is 3. The van der Waals surface area contributed by atoms with E-state index in [2.05, 4.69) is 97.1 Å². The van der Waals surface area contributed by atoms with Gasteiger partial charge in [-0.3, -0.25) is 0 Å². The van der Waals surface area contributed by atoms with Gasteiger partial charge in [0, 0.05) is 16.7 Å². The number of aliphatic imine (C=N–C) groups is 1. The van der Waals surface area contributed by atoms with Gasteiger partial charge in [0.05, 0.1) is 11.4 Å². The lowest BCUT2D eigenvalue weighted by Crippen LogP contribution is -2.07. The molecule has 0 amide bonds. The normalized spacial score (nSPS) is 13.9. The van der Waals surface area contributed by atoms with Gasteiger partial charge in [-0.25, -0.2) is 4.99 Å². The molecule has 1 nitrogen and oxygen atoms in total. The number of para-hydroxylation sites is 1. The maximum atomic E-state index is 5.13. The van der Waals surface area contributed by atoms with Gasteiger partial charge in [0.2, 0.25) is 0 Å². The van der Waals surface area contributed by atoms with E-state index in [9.17, 15) is 0 Å². The zero-order valence-corrected chi connectivity index (χ0v) is 14.3. The van der Waals surface area contributed by atoms with Gasteiger partial charge in [0.15, 0.2) is 0 Å². The Hall–Kier alpha value is -3.45. The highest BCUT2D eigenvalue weighted by Gasteiger charge is 2.15. The summed E-state index contributed by atoms with van der Waals surface area (Å²) in [6, 6.07) is 31.7. The van der Waals surface area contributed by atoms with Gasteiger partial charge in [0.25, 0.3) is 0 Å². The van der Waals surface area contributed by atoms with Gasteiger partial charge in [-0.05, 0) is 22.4 Å². The van der Waals surface area contributed by atoms with Crippen LogP contribution >= 0.6 is 0 Å². The van der Waals surface area contributed by atoms with Crippen molar-refractivity contribution in [3.63, 3.8) is 0 Å². The van der Waals surface area contributed by atoms with Crippen molar-refractivity contribution >= 4 is 34.3 Å². The Bertz CT molecular complexity index is 1180. The van der Waals surface area contributed by atoms with Crippen LogP contribution in [0.2, 0.25) is 0 Å². The highest BCUT2D eigenvalue weighted by molar-refractivity contribution is 6.22. The zero-order valence-electron chi connectivity index (χ0n) is 14.3. The van der Waals surface area contributed by atoms with E-state index < -0.39 is 0 Å². The molecule has 0 radical (unpaired) electrons. The third-order valence-corrected chi connectivity index (χ3v) is 4.87. The average Bonchev–Trinajstić information content (AvgIpc) is 2.69. The van der Waals surface area contributed by atoms with Crippen molar-refractivity contribution in [3.8, 4) is 0 Å². The molecule has 1 aliphatic rings. The third kappa shape index (κ3) is 2.46. The third-order valence-electron chi connectivity index (χ3n) is 4.87. The predicted molar refractivity (Wildman–Crippen MR) is 111 cm³/mol. The van der Waals surface area contributed by atoms with Crippen LogP contribution in [0, 0.1) is 0 Å². The van der Waals surface area contributed by atoms with Crippen LogP contribution in [-0.2, 0) is 0 Å². The van der Waals surface area contributed by atoms with Crippen molar-refractivity contribution in [2.45, 2.75) is 0 Å². The Kier molecular flexibility index (Phi) is 3.50. The Balaban J connectivity index is 1.86. The Morgan fingerprint density at radius 1 is 0.500 bits per heavy atom. The molecule has 1 heterocycles. The number of benzene rings is 4. The maximum Gasteiger partial charge on any atom is 0.0794 e. The topological polar surface area (TPSA) is 12.4 Å². The molecule has 0 spiro atoms. The molecule has 0 bridgehead atoms. The van der Waals surface area contributed by atoms with E-state index >= 15 is 0 Å². The monoisotopic (exact) mass is 331 g/mol. The lowest BCUT2D eigenvalue weighted by molar-refractivity contribution is 1.45. The van der Waals surface area contributed by atoms with Crippen LogP contribution in [0.3, 0.4) is 0 Å². The first kappa shape index (κ1) is 14.9. The Morgan fingerprint density at radius 3 is 2.12 bits per heavy atom. The van der Waals surface area contributed by atoms with E-state index in [0.717, 1.165) is 22.5 Å². The summed E-state index contributed by atoms with van der Waals surface area (Å²) in [6.45, 7) is 0. The van der Waals surface area contributed by atoms with Gasteiger partial charge < -0.3 is 0 Å². The van der Waals surface area contributed by atoms with Gasteiger partial charge in [-0.2, -0.15) is 0 Å². The van der Waals surface area contributed by atoms with E-state index in [0.29, 0.717) is 0 Å². The van der Waals surface area contributed by atoms with Crippen LogP contribution in [0.25, 0.3) is 22.9 Å². The number of rotatable bonds is 1. The second-order valence-electron chi connectivity index (χ2n) is 6.47. The van der Waals surface area contributed by atoms with Crippen LogP contribution < -0.4 is 0 Å². The SMILES string of the molecule is C1=C\c2ccccc2C(c2cccc3ccccc23)=Nc2ccccc2/1. The van der Waals surface area contributed by atoms with Crippen molar-refractivity contribution in [1.29, 1.82) is 0 Å². The average molecular weight is 331 g/mol. The molecule has 0 unspecified atom stereocenters. The van der Waals surface area contributed by atoms with Gasteiger partial charge >= 0.3 is 0 Å². The standard InChI is InChI=1S/C25H17N/c1-4-12-21-18(8-1)11-7-14-23(21)25-22-13-5-2-9-19(22)16-17-20-10-3-6-15-24(20)26-25/h1-17H/b17-16-,19-16?,20-17?,25-22?,26-24?,26-25?. The molecule has 0 aliphatic carbocycles. The number of nitrogens with zero attached hydrogens (tertiary/aromatic N) is 1. The zero-order chi connectivity index (χ0) is 17.3. The summed E-state index contributed by atoms with van der Waals surface area (Å²) in [4.78, 5) is 5.13. The quantitative estimate of drug-likeness (QED) is 0.333. The molecule has 1 heteroatoms. The summed E-state index contributed by atoms with van der Waals surface area (Å²) >= 11 is 0. The molecule has 0 saturated heterocycles. The first-order valence-electron chi connectivity index (χ1n) is 8.83. The summed E-state index contributed by atoms with van der Waals surface area (Å²) < 4.78 is 0. The van der Waals surface area contributed by atoms with E-state index in [-0.39, 0.29) is 0 Å². The molecule has 0 saturated carbocycles. The number of hydrogen-bond acceptors (Lipinski definition) is 1. The fraction of sp³-hybridized carbons (Fsp3) is 0. The molecule has 4 aromatic carbocycles. The fourth-order valence-electron chi connectivity index (χ4n) is 3.59. The van der Waals surface area contributed by atoms with E-state index in [1.165, 1.54) is 21.9 Å². The molecular weight excluding hydrogens is 314 g/mol. The first-order valence-corrected chi connectivity index (χ1v) is 8.83. The fourth-order valence-corrected chi connectivity index (χ4v) is 3.59. The molecule has 0 N–H and O–H groups in total. The van der Waals surface area contributed by atoms with Gasteiger partial charge in [0.1, 0.15) is 0 Å². The maximum absolute atomic E-state index is 5.13. The van der Waals surface area contributed by atoms with Crippen LogP contribution in [0.5, 0.6) is 0 Å². The lowest BCUT2D eigenvalue weighted by atomic mass is 9.92. The van der Waals surface area contributed by atoms with Crippen molar-refractivity contribution in [1.82, 2.24) is 0 Å². The molecule has 5 rings (SSSR count). The summed E-state index contributed by atoms with van der Waals surface area (Å²) in [5.74, 6) is 0. The molecular formula is C25H17N.